The molecule has 2 atom stereocenters. The first-order valence-corrected chi connectivity index (χ1v) is 10.00. The number of anilines is 1. The monoisotopic (exact) mass is 362 g/mol. The summed E-state index contributed by atoms with van der Waals surface area (Å²) < 4.78 is 5.53. The molecule has 0 spiro atoms. The third-order valence-electron chi connectivity index (χ3n) is 4.80. The second kappa shape index (κ2) is 8.72. The highest BCUT2D eigenvalue weighted by Gasteiger charge is 2.25. The van der Waals surface area contributed by atoms with E-state index < -0.39 is 11.8 Å². The predicted molar refractivity (Wildman–Crippen MR) is 99.8 cm³/mol. The zero-order chi connectivity index (χ0) is 17.6. The smallest absolute Gasteiger partial charge is 0.313 e. The molecule has 0 aromatic heterocycles. The number of ether oxygens (including phenoxy) is 1. The number of nitrogens with one attached hydrogen (secondary N) is 2. The maximum absolute atomic E-state index is 12.1. The molecular weight excluding hydrogens is 336 g/mol. The van der Waals surface area contributed by atoms with E-state index in [1.54, 1.807) is 0 Å². The first-order valence-electron chi connectivity index (χ1n) is 9.12. The van der Waals surface area contributed by atoms with Crippen molar-refractivity contribution < 1.29 is 14.3 Å². The lowest BCUT2D eigenvalue weighted by Crippen LogP contribution is -2.45. The molecule has 136 valence electrons. The number of hydrogen-bond donors (Lipinski definition) is 2. The quantitative estimate of drug-likeness (QED) is 0.789. The van der Waals surface area contributed by atoms with E-state index in [0.29, 0.717) is 10.9 Å². The number of amides is 2. The van der Waals surface area contributed by atoms with E-state index in [2.05, 4.69) is 10.6 Å². The minimum Gasteiger partial charge on any atom is -0.376 e. The van der Waals surface area contributed by atoms with Crippen molar-refractivity contribution in [3.05, 3.63) is 24.3 Å². The maximum atomic E-state index is 12.1. The average Bonchev–Trinajstić information content (AvgIpc) is 3.30. The van der Waals surface area contributed by atoms with Gasteiger partial charge in [-0.2, -0.15) is 0 Å². The molecule has 2 fully saturated rings. The van der Waals surface area contributed by atoms with E-state index in [1.165, 1.54) is 30.6 Å². The van der Waals surface area contributed by atoms with Crippen LogP contribution in [-0.2, 0) is 14.3 Å². The summed E-state index contributed by atoms with van der Waals surface area (Å²) in [6, 6.07) is 7.56. The zero-order valence-electron chi connectivity index (χ0n) is 14.6. The van der Waals surface area contributed by atoms with Crippen LogP contribution in [0.4, 0.5) is 5.69 Å². The van der Waals surface area contributed by atoms with Crippen LogP contribution in [0.1, 0.15) is 45.4 Å². The molecule has 1 saturated heterocycles. The van der Waals surface area contributed by atoms with Crippen LogP contribution in [0.25, 0.3) is 0 Å². The number of carbonyl (C=O) groups is 2. The van der Waals surface area contributed by atoms with Crippen LogP contribution in [0.5, 0.6) is 0 Å². The third kappa shape index (κ3) is 5.22. The van der Waals surface area contributed by atoms with Crippen molar-refractivity contribution in [2.24, 2.45) is 0 Å². The van der Waals surface area contributed by atoms with Gasteiger partial charge in [-0.3, -0.25) is 9.59 Å². The Morgan fingerprint density at radius 1 is 1.08 bits per heavy atom. The molecule has 25 heavy (non-hydrogen) atoms. The second-order valence-electron chi connectivity index (χ2n) is 6.82. The minimum atomic E-state index is -0.638. The summed E-state index contributed by atoms with van der Waals surface area (Å²) in [7, 11) is 0. The number of hydrogen-bond acceptors (Lipinski definition) is 4. The summed E-state index contributed by atoms with van der Waals surface area (Å²) in [4.78, 5) is 25.3. The summed E-state index contributed by atoms with van der Waals surface area (Å²) in [5.41, 5.74) is 0.640. The Bertz CT molecular complexity index is 593. The van der Waals surface area contributed by atoms with Crippen molar-refractivity contribution in [3.63, 3.8) is 0 Å². The number of carbonyl (C=O) groups excluding carboxylic acids is 2. The lowest BCUT2D eigenvalue weighted by molar-refractivity contribution is -0.137. The molecule has 2 amide bonds. The highest BCUT2D eigenvalue weighted by Crippen LogP contribution is 2.34. The highest BCUT2D eigenvalue weighted by atomic mass is 32.2. The van der Waals surface area contributed by atoms with Gasteiger partial charge in [-0.15, -0.1) is 11.8 Å². The van der Waals surface area contributed by atoms with Crippen LogP contribution < -0.4 is 10.6 Å². The van der Waals surface area contributed by atoms with Gasteiger partial charge in [-0.1, -0.05) is 12.8 Å². The van der Waals surface area contributed by atoms with Crippen molar-refractivity contribution in [2.75, 3.05) is 11.9 Å². The highest BCUT2D eigenvalue weighted by molar-refractivity contribution is 8.00. The molecule has 2 N–H and O–H groups in total. The predicted octanol–water partition coefficient (Wildman–Crippen LogP) is 3.34. The van der Waals surface area contributed by atoms with Gasteiger partial charge in [0.1, 0.15) is 0 Å². The van der Waals surface area contributed by atoms with Crippen molar-refractivity contribution in [2.45, 2.75) is 67.7 Å². The van der Waals surface area contributed by atoms with Crippen LogP contribution in [0.2, 0.25) is 0 Å². The maximum Gasteiger partial charge on any atom is 0.313 e. The van der Waals surface area contributed by atoms with Gasteiger partial charge in [0.15, 0.2) is 0 Å². The molecule has 3 rings (SSSR count). The third-order valence-corrected chi connectivity index (χ3v) is 6.15. The van der Waals surface area contributed by atoms with Crippen molar-refractivity contribution in [1.29, 1.82) is 0 Å². The van der Waals surface area contributed by atoms with Gasteiger partial charge >= 0.3 is 11.8 Å². The fraction of sp³-hybridized carbons (Fsp3) is 0.579. The summed E-state index contributed by atoms with van der Waals surface area (Å²) >= 11 is 1.90. The first kappa shape index (κ1) is 18.3. The molecule has 1 aromatic carbocycles. The lowest BCUT2D eigenvalue weighted by atomic mass is 10.1. The van der Waals surface area contributed by atoms with Crippen LogP contribution in [0, 0.1) is 0 Å². The van der Waals surface area contributed by atoms with E-state index in [9.17, 15) is 9.59 Å². The van der Waals surface area contributed by atoms with E-state index in [4.69, 9.17) is 4.74 Å². The Balaban J connectivity index is 1.47. The van der Waals surface area contributed by atoms with Gasteiger partial charge in [0.2, 0.25) is 0 Å². The summed E-state index contributed by atoms with van der Waals surface area (Å²) in [6.45, 7) is 2.60. The second-order valence-corrected chi connectivity index (χ2v) is 8.19. The summed E-state index contributed by atoms with van der Waals surface area (Å²) in [5, 5.41) is 6.09. The Labute approximate surface area is 153 Å². The molecular formula is C19H26N2O3S. The van der Waals surface area contributed by atoms with E-state index in [1.807, 2.05) is 43.0 Å². The SMILES string of the molecule is C[C@H](NC(=O)C(=O)Nc1ccc(SC2CCCC2)cc1)[C@@H]1CCCO1. The fourth-order valence-electron chi connectivity index (χ4n) is 3.37. The molecule has 2 aliphatic rings. The van der Waals surface area contributed by atoms with Gasteiger partial charge in [-0.25, -0.2) is 0 Å². The van der Waals surface area contributed by atoms with Crippen LogP contribution in [0.15, 0.2) is 29.2 Å². The van der Waals surface area contributed by atoms with Crippen LogP contribution in [0.3, 0.4) is 0 Å². The van der Waals surface area contributed by atoms with Crippen molar-refractivity contribution in [3.8, 4) is 0 Å². The molecule has 0 radical (unpaired) electrons. The van der Waals surface area contributed by atoms with E-state index in [-0.39, 0.29) is 12.1 Å². The van der Waals surface area contributed by atoms with Crippen LogP contribution >= 0.6 is 11.8 Å². The van der Waals surface area contributed by atoms with Gasteiger partial charge in [-0.05, 0) is 56.9 Å². The molecule has 1 heterocycles. The van der Waals surface area contributed by atoms with Crippen LogP contribution in [-0.4, -0.2) is 35.8 Å². The largest absolute Gasteiger partial charge is 0.376 e. The molecule has 1 aromatic rings. The van der Waals surface area contributed by atoms with Gasteiger partial charge in [0.05, 0.1) is 12.1 Å². The van der Waals surface area contributed by atoms with Crippen molar-refractivity contribution >= 4 is 29.3 Å². The normalized spacial score (nSPS) is 21.9. The Hall–Kier alpha value is -1.53. The van der Waals surface area contributed by atoms with E-state index >= 15 is 0 Å². The minimum absolute atomic E-state index is 0.00338. The van der Waals surface area contributed by atoms with Gasteiger partial charge < -0.3 is 15.4 Å². The number of benzene rings is 1. The summed E-state index contributed by atoms with van der Waals surface area (Å²) in [5.74, 6) is -1.26. The van der Waals surface area contributed by atoms with E-state index in [0.717, 1.165) is 19.4 Å². The first-order chi connectivity index (χ1) is 12.1. The molecule has 1 aliphatic heterocycles. The molecule has 1 saturated carbocycles. The number of thioether (sulfide) groups is 1. The van der Waals surface area contributed by atoms with Gasteiger partial charge in [0, 0.05) is 22.4 Å². The topological polar surface area (TPSA) is 67.4 Å². The van der Waals surface area contributed by atoms with Gasteiger partial charge in [0.25, 0.3) is 0 Å². The molecule has 0 bridgehead atoms. The molecule has 1 aliphatic carbocycles. The molecule has 5 nitrogen and oxygen atoms in total. The number of rotatable bonds is 5. The Morgan fingerprint density at radius 3 is 2.44 bits per heavy atom. The lowest BCUT2D eigenvalue weighted by Gasteiger charge is -2.19. The van der Waals surface area contributed by atoms with Crippen molar-refractivity contribution in [1.82, 2.24) is 5.32 Å². The molecule has 0 unspecified atom stereocenters. The summed E-state index contributed by atoms with van der Waals surface area (Å²) in [6.07, 6.45) is 7.14. The zero-order valence-corrected chi connectivity index (χ0v) is 15.4. The Morgan fingerprint density at radius 2 is 1.80 bits per heavy atom. The average molecular weight is 362 g/mol. The standard InChI is InChI=1S/C19H26N2O3S/c1-13(17-7-4-12-24-17)20-18(22)19(23)21-14-8-10-16(11-9-14)25-15-5-2-3-6-15/h8-11,13,15,17H,2-7,12H2,1H3,(H,20,22)(H,21,23)/t13-,17-/m0/s1. The molecule has 6 heteroatoms. The Kier molecular flexibility index (Phi) is 6.37. The fourth-order valence-corrected chi connectivity index (χ4v) is 4.61.